The van der Waals surface area contributed by atoms with Crippen LogP contribution in [0.1, 0.15) is 24.2 Å². The number of fused-ring (bicyclic) bond motifs is 1. The van der Waals surface area contributed by atoms with Crippen LogP contribution in [0.5, 0.6) is 5.75 Å². The lowest BCUT2D eigenvalue weighted by Gasteiger charge is -2.16. The lowest BCUT2D eigenvalue weighted by Crippen LogP contribution is -2.26. The first-order valence-corrected chi connectivity index (χ1v) is 6.68. The van der Waals surface area contributed by atoms with Crippen LogP contribution < -0.4 is 10.5 Å². The van der Waals surface area contributed by atoms with E-state index in [1.807, 2.05) is 24.3 Å². The SMILES string of the molecule is CCOC(=O)C(C)Oc1cc(C(N)=O)cc2ccccc12. The predicted molar refractivity (Wildman–Crippen MR) is 79.2 cm³/mol. The summed E-state index contributed by atoms with van der Waals surface area (Å²) in [5.41, 5.74) is 5.66. The van der Waals surface area contributed by atoms with Crippen molar-refractivity contribution in [3.05, 3.63) is 42.0 Å². The van der Waals surface area contributed by atoms with E-state index in [4.69, 9.17) is 15.2 Å². The Morgan fingerprint density at radius 1 is 1.24 bits per heavy atom. The van der Waals surface area contributed by atoms with Gasteiger partial charge in [0.25, 0.3) is 0 Å². The van der Waals surface area contributed by atoms with E-state index in [9.17, 15) is 9.59 Å². The Labute approximate surface area is 122 Å². The highest BCUT2D eigenvalue weighted by molar-refractivity contribution is 6.00. The Morgan fingerprint density at radius 2 is 1.95 bits per heavy atom. The molecule has 0 saturated carbocycles. The van der Waals surface area contributed by atoms with Gasteiger partial charge in [0.05, 0.1) is 6.61 Å². The molecule has 1 unspecified atom stereocenters. The highest BCUT2D eigenvalue weighted by atomic mass is 16.6. The normalized spacial score (nSPS) is 11.9. The number of hydrogen-bond acceptors (Lipinski definition) is 4. The zero-order valence-corrected chi connectivity index (χ0v) is 12.0. The maximum Gasteiger partial charge on any atom is 0.347 e. The van der Waals surface area contributed by atoms with Gasteiger partial charge in [-0.2, -0.15) is 0 Å². The summed E-state index contributed by atoms with van der Waals surface area (Å²) in [7, 11) is 0. The minimum absolute atomic E-state index is 0.286. The largest absolute Gasteiger partial charge is 0.478 e. The van der Waals surface area contributed by atoms with Crippen molar-refractivity contribution in [2.75, 3.05) is 6.61 Å². The van der Waals surface area contributed by atoms with Crippen molar-refractivity contribution >= 4 is 22.6 Å². The van der Waals surface area contributed by atoms with E-state index in [1.165, 1.54) is 0 Å². The summed E-state index contributed by atoms with van der Waals surface area (Å²) in [6.07, 6.45) is -0.767. The molecular weight excluding hydrogens is 270 g/mol. The van der Waals surface area contributed by atoms with Gasteiger partial charge in [0.15, 0.2) is 6.10 Å². The van der Waals surface area contributed by atoms with Gasteiger partial charge in [-0.15, -0.1) is 0 Å². The van der Waals surface area contributed by atoms with Crippen molar-refractivity contribution in [2.24, 2.45) is 5.73 Å². The molecule has 0 heterocycles. The number of carbonyl (C=O) groups is 2. The van der Waals surface area contributed by atoms with Gasteiger partial charge in [-0.3, -0.25) is 4.79 Å². The number of hydrogen-bond donors (Lipinski definition) is 1. The van der Waals surface area contributed by atoms with Crippen molar-refractivity contribution in [1.29, 1.82) is 0 Å². The molecule has 21 heavy (non-hydrogen) atoms. The van der Waals surface area contributed by atoms with Crippen molar-refractivity contribution < 1.29 is 19.1 Å². The lowest BCUT2D eigenvalue weighted by atomic mass is 10.1. The van der Waals surface area contributed by atoms with Gasteiger partial charge in [-0.05, 0) is 31.4 Å². The molecule has 0 aliphatic carbocycles. The number of rotatable bonds is 5. The van der Waals surface area contributed by atoms with E-state index in [-0.39, 0.29) is 6.61 Å². The third-order valence-corrected chi connectivity index (χ3v) is 3.03. The molecule has 110 valence electrons. The van der Waals surface area contributed by atoms with Gasteiger partial charge in [0.2, 0.25) is 5.91 Å². The van der Waals surface area contributed by atoms with Crippen LogP contribution in [0.25, 0.3) is 10.8 Å². The number of esters is 1. The fraction of sp³-hybridized carbons (Fsp3) is 0.250. The minimum Gasteiger partial charge on any atom is -0.478 e. The number of primary amides is 1. The molecule has 0 fully saturated rings. The molecule has 2 N–H and O–H groups in total. The van der Waals surface area contributed by atoms with Crippen molar-refractivity contribution in [3.63, 3.8) is 0 Å². The summed E-state index contributed by atoms with van der Waals surface area (Å²) in [6.45, 7) is 3.62. The highest BCUT2D eigenvalue weighted by Crippen LogP contribution is 2.28. The second-order valence-corrected chi connectivity index (χ2v) is 4.57. The monoisotopic (exact) mass is 287 g/mol. The molecule has 5 heteroatoms. The van der Waals surface area contributed by atoms with Crippen LogP contribution in [-0.4, -0.2) is 24.6 Å². The molecule has 0 aliphatic rings. The Morgan fingerprint density at radius 3 is 2.62 bits per heavy atom. The summed E-state index contributed by atoms with van der Waals surface area (Å²) >= 11 is 0. The molecule has 2 aromatic rings. The van der Waals surface area contributed by atoms with Crippen molar-refractivity contribution in [2.45, 2.75) is 20.0 Å². The van der Waals surface area contributed by atoms with E-state index in [2.05, 4.69) is 0 Å². The van der Waals surface area contributed by atoms with Crippen LogP contribution in [0.15, 0.2) is 36.4 Å². The summed E-state index contributed by atoms with van der Waals surface area (Å²) in [6, 6.07) is 10.6. The van der Waals surface area contributed by atoms with Crippen molar-refractivity contribution in [1.82, 2.24) is 0 Å². The molecule has 0 aromatic heterocycles. The molecule has 1 amide bonds. The number of amides is 1. The highest BCUT2D eigenvalue weighted by Gasteiger charge is 2.18. The maximum absolute atomic E-state index is 11.7. The van der Waals surface area contributed by atoms with Gasteiger partial charge in [0, 0.05) is 10.9 Å². The van der Waals surface area contributed by atoms with E-state index >= 15 is 0 Å². The van der Waals surface area contributed by atoms with E-state index in [0.717, 1.165) is 10.8 Å². The number of benzene rings is 2. The topological polar surface area (TPSA) is 78.6 Å². The second-order valence-electron chi connectivity index (χ2n) is 4.57. The molecule has 0 aliphatic heterocycles. The van der Waals surface area contributed by atoms with Crippen LogP contribution in [0.4, 0.5) is 0 Å². The molecule has 0 bridgehead atoms. The second kappa shape index (κ2) is 6.26. The van der Waals surface area contributed by atoms with E-state index in [1.54, 1.807) is 26.0 Å². The number of carbonyl (C=O) groups excluding carboxylic acids is 2. The summed E-state index contributed by atoms with van der Waals surface area (Å²) < 4.78 is 10.6. The van der Waals surface area contributed by atoms with Gasteiger partial charge < -0.3 is 15.2 Å². The molecule has 1 atom stereocenters. The zero-order chi connectivity index (χ0) is 15.4. The van der Waals surface area contributed by atoms with Gasteiger partial charge in [0.1, 0.15) is 5.75 Å². The fourth-order valence-corrected chi connectivity index (χ4v) is 2.01. The number of ether oxygens (including phenoxy) is 2. The third kappa shape index (κ3) is 3.31. The van der Waals surface area contributed by atoms with Gasteiger partial charge in [-0.1, -0.05) is 24.3 Å². The smallest absolute Gasteiger partial charge is 0.347 e. The van der Waals surface area contributed by atoms with E-state index in [0.29, 0.717) is 11.3 Å². The van der Waals surface area contributed by atoms with Crippen molar-refractivity contribution in [3.8, 4) is 5.75 Å². The summed E-state index contributed by atoms with van der Waals surface area (Å²) in [4.78, 5) is 23.1. The van der Waals surface area contributed by atoms with Gasteiger partial charge >= 0.3 is 5.97 Å². The summed E-state index contributed by atoms with van der Waals surface area (Å²) in [5.74, 6) is -0.567. The Kier molecular flexibility index (Phi) is 4.42. The number of nitrogens with two attached hydrogens (primary N) is 1. The van der Waals surface area contributed by atoms with E-state index < -0.39 is 18.0 Å². The molecule has 0 radical (unpaired) electrons. The minimum atomic E-state index is -0.767. The standard InChI is InChI=1S/C16H17NO4/c1-3-20-16(19)10(2)21-14-9-12(15(17)18)8-11-6-4-5-7-13(11)14/h4-10H,3H2,1-2H3,(H2,17,18). The first-order chi connectivity index (χ1) is 10.0. The molecule has 2 aromatic carbocycles. The molecule has 2 rings (SSSR count). The molecule has 0 saturated heterocycles. The van der Waals surface area contributed by atoms with Crippen LogP contribution in [0.3, 0.4) is 0 Å². The Bertz CT molecular complexity index is 681. The predicted octanol–water partition coefficient (Wildman–Crippen LogP) is 2.27. The Hall–Kier alpha value is -2.56. The molecule has 5 nitrogen and oxygen atoms in total. The summed E-state index contributed by atoms with van der Waals surface area (Å²) in [5, 5.41) is 1.62. The Balaban J connectivity index is 2.41. The first kappa shape index (κ1) is 14.8. The zero-order valence-electron chi connectivity index (χ0n) is 12.0. The lowest BCUT2D eigenvalue weighted by molar-refractivity contribution is -0.150. The third-order valence-electron chi connectivity index (χ3n) is 3.03. The van der Waals surface area contributed by atoms with Crippen LogP contribution in [-0.2, 0) is 9.53 Å². The quantitative estimate of drug-likeness (QED) is 0.856. The average molecular weight is 287 g/mol. The van der Waals surface area contributed by atoms with Crippen LogP contribution in [0, 0.1) is 0 Å². The van der Waals surface area contributed by atoms with Gasteiger partial charge in [-0.25, -0.2) is 4.79 Å². The fourth-order valence-electron chi connectivity index (χ4n) is 2.01. The molecule has 0 spiro atoms. The van der Waals surface area contributed by atoms with Crippen LogP contribution in [0.2, 0.25) is 0 Å². The molecular formula is C16H17NO4. The first-order valence-electron chi connectivity index (χ1n) is 6.68. The average Bonchev–Trinajstić information content (AvgIpc) is 2.47. The van der Waals surface area contributed by atoms with Crippen LogP contribution >= 0.6 is 0 Å². The maximum atomic E-state index is 11.7.